The molecule has 1 atom stereocenters. The zero-order chi connectivity index (χ0) is 13.8. The van der Waals surface area contributed by atoms with Crippen LogP contribution in [0.3, 0.4) is 0 Å². The molecule has 0 aliphatic heterocycles. The quantitative estimate of drug-likeness (QED) is 0.908. The van der Waals surface area contributed by atoms with Gasteiger partial charge in [-0.25, -0.2) is 0 Å². The molecule has 2 heteroatoms. The number of hydrogen-bond donors (Lipinski definition) is 1. The van der Waals surface area contributed by atoms with Gasteiger partial charge in [-0.05, 0) is 48.1 Å². The molecule has 0 bridgehead atoms. The van der Waals surface area contributed by atoms with Crippen LogP contribution in [0.4, 0.5) is 0 Å². The minimum Gasteiger partial charge on any atom is -0.497 e. The first-order chi connectivity index (χ1) is 9.86. The highest BCUT2D eigenvalue weighted by Crippen LogP contribution is 2.32. The van der Waals surface area contributed by atoms with Crippen LogP contribution in [0.25, 0.3) is 0 Å². The van der Waals surface area contributed by atoms with Gasteiger partial charge in [0.05, 0.1) is 7.11 Å². The first-order valence-corrected chi connectivity index (χ1v) is 7.31. The number of methoxy groups -OCH3 is 1. The normalized spacial score (nSPS) is 17.6. The number of ether oxygens (including phenoxy) is 1. The summed E-state index contributed by atoms with van der Waals surface area (Å²) >= 11 is 0. The fourth-order valence-electron chi connectivity index (χ4n) is 2.97. The molecule has 2 nitrogen and oxygen atoms in total. The predicted octanol–water partition coefficient (Wildman–Crippen LogP) is 3.86. The molecule has 0 fully saturated rings. The second kappa shape index (κ2) is 6.10. The van der Waals surface area contributed by atoms with E-state index in [0.717, 1.165) is 18.7 Å². The maximum Gasteiger partial charge on any atom is 0.119 e. The van der Waals surface area contributed by atoms with E-state index in [1.54, 1.807) is 7.11 Å². The Labute approximate surface area is 120 Å². The van der Waals surface area contributed by atoms with Crippen LogP contribution in [0.5, 0.6) is 5.75 Å². The highest BCUT2D eigenvalue weighted by atomic mass is 16.5. The van der Waals surface area contributed by atoms with Crippen molar-refractivity contribution in [3.63, 3.8) is 0 Å². The van der Waals surface area contributed by atoms with Crippen LogP contribution in [0.1, 0.15) is 35.6 Å². The highest BCUT2D eigenvalue weighted by molar-refractivity contribution is 5.39. The molecule has 0 amide bonds. The summed E-state index contributed by atoms with van der Waals surface area (Å²) in [6, 6.07) is 17.5. The van der Waals surface area contributed by atoms with Gasteiger partial charge in [0.1, 0.15) is 5.75 Å². The van der Waals surface area contributed by atoms with Crippen LogP contribution < -0.4 is 10.1 Å². The topological polar surface area (TPSA) is 21.3 Å². The zero-order valence-corrected chi connectivity index (χ0v) is 11.9. The monoisotopic (exact) mass is 267 g/mol. The number of aryl methyl sites for hydroxylation is 1. The van der Waals surface area contributed by atoms with Gasteiger partial charge in [-0.3, -0.25) is 0 Å². The summed E-state index contributed by atoms with van der Waals surface area (Å²) in [6.07, 6.45) is 3.62. The van der Waals surface area contributed by atoms with E-state index < -0.39 is 0 Å². The smallest absolute Gasteiger partial charge is 0.119 e. The van der Waals surface area contributed by atoms with E-state index in [9.17, 15) is 0 Å². The molecule has 0 heterocycles. The molecule has 1 N–H and O–H groups in total. The van der Waals surface area contributed by atoms with Gasteiger partial charge in [0, 0.05) is 12.6 Å². The molecule has 1 aliphatic carbocycles. The molecule has 3 rings (SSSR count). The van der Waals surface area contributed by atoms with Gasteiger partial charge in [-0.2, -0.15) is 0 Å². The van der Waals surface area contributed by atoms with E-state index in [4.69, 9.17) is 4.74 Å². The van der Waals surface area contributed by atoms with E-state index in [1.165, 1.54) is 29.5 Å². The largest absolute Gasteiger partial charge is 0.497 e. The summed E-state index contributed by atoms with van der Waals surface area (Å²) in [5.41, 5.74) is 4.21. The lowest BCUT2D eigenvalue weighted by molar-refractivity contribution is 0.410. The maximum atomic E-state index is 5.32. The first-order valence-electron chi connectivity index (χ1n) is 7.31. The standard InChI is InChI=1S/C18H21NO/c1-20-16-10-11-17-15(12-16)8-5-9-18(17)19-13-14-6-3-2-4-7-14/h2-4,6-7,10-12,18-19H,5,8-9,13H2,1H3/t18-/m0/s1. The number of nitrogens with one attached hydrogen (secondary N) is 1. The van der Waals surface area contributed by atoms with Crippen LogP contribution in [0, 0.1) is 0 Å². The van der Waals surface area contributed by atoms with Crippen molar-refractivity contribution in [1.29, 1.82) is 0 Å². The van der Waals surface area contributed by atoms with Gasteiger partial charge >= 0.3 is 0 Å². The van der Waals surface area contributed by atoms with Crippen LogP contribution in [-0.4, -0.2) is 7.11 Å². The Bertz CT molecular complexity index is 565. The molecule has 0 aromatic heterocycles. The maximum absolute atomic E-state index is 5.32. The van der Waals surface area contributed by atoms with E-state index in [2.05, 4.69) is 53.8 Å². The Morgan fingerprint density at radius 3 is 2.80 bits per heavy atom. The summed E-state index contributed by atoms with van der Waals surface area (Å²) in [5, 5.41) is 3.69. The van der Waals surface area contributed by atoms with Crippen molar-refractivity contribution in [3.05, 3.63) is 65.2 Å². The Morgan fingerprint density at radius 2 is 2.00 bits per heavy atom. The Morgan fingerprint density at radius 1 is 1.15 bits per heavy atom. The molecule has 104 valence electrons. The number of benzene rings is 2. The molecule has 0 saturated carbocycles. The van der Waals surface area contributed by atoms with Crippen molar-refractivity contribution in [3.8, 4) is 5.75 Å². The van der Waals surface area contributed by atoms with E-state index in [0.29, 0.717) is 6.04 Å². The third-order valence-electron chi connectivity index (χ3n) is 4.06. The molecule has 0 spiro atoms. The van der Waals surface area contributed by atoms with E-state index >= 15 is 0 Å². The molecular weight excluding hydrogens is 246 g/mol. The van der Waals surface area contributed by atoms with Crippen LogP contribution in [0.15, 0.2) is 48.5 Å². The molecule has 0 radical (unpaired) electrons. The molecular formula is C18H21NO. The summed E-state index contributed by atoms with van der Waals surface area (Å²) in [7, 11) is 1.73. The molecule has 0 saturated heterocycles. The lowest BCUT2D eigenvalue weighted by Crippen LogP contribution is -2.24. The van der Waals surface area contributed by atoms with Crippen molar-refractivity contribution in [2.75, 3.05) is 7.11 Å². The van der Waals surface area contributed by atoms with Gasteiger partial charge in [-0.15, -0.1) is 0 Å². The van der Waals surface area contributed by atoms with Gasteiger partial charge in [0.2, 0.25) is 0 Å². The van der Waals surface area contributed by atoms with Crippen LogP contribution in [-0.2, 0) is 13.0 Å². The minimum atomic E-state index is 0.463. The lowest BCUT2D eigenvalue weighted by Gasteiger charge is -2.27. The molecule has 2 aromatic rings. The first kappa shape index (κ1) is 13.2. The summed E-state index contributed by atoms with van der Waals surface area (Å²) < 4.78 is 5.32. The van der Waals surface area contributed by atoms with Crippen molar-refractivity contribution in [2.24, 2.45) is 0 Å². The van der Waals surface area contributed by atoms with E-state index in [-0.39, 0.29) is 0 Å². The van der Waals surface area contributed by atoms with Crippen LogP contribution in [0.2, 0.25) is 0 Å². The number of hydrogen-bond acceptors (Lipinski definition) is 2. The zero-order valence-electron chi connectivity index (χ0n) is 11.9. The van der Waals surface area contributed by atoms with Crippen molar-refractivity contribution < 1.29 is 4.74 Å². The van der Waals surface area contributed by atoms with Gasteiger partial charge in [0.15, 0.2) is 0 Å². The van der Waals surface area contributed by atoms with Crippen molar-refractivity contribution >= 4 is 0 Å². The summed E-state index contributed by atoms with van der Waals surface area (Å²) in [4.78, 5) is 0. The molecule has 2 aromatic carbocycles. The minimum absolute atomic E-state index is 0.463. The van der Waals surface area contributed by atoms with Crippen molar-refractivity contribution in [2.45, 2.75) is 31.8 Å². The van der Waals surface area contributed by atoms with Crippen LogP contribution >= 0.6 is 0 Å². The van der Waals surface area contributed by atoms with Crippen molar-refractivity contribution in [1.82, 2.24) is 5.32 Å². The van der Waals surface area contributed by atoms with E-state index in [1.807, 2.05) is 0 Å². The second-order valence-electron chi connectivity index (χ2n) is 5.38. The van der Waals surface area contributed by atoms with Gasteiger partial charge in [-0.1, -0.05) is 36.4 Å². The lowest BCUT2D eigenvalue weighted by atomic mass is 9.87. The summed E-state index contributed by atoms with van der Waals surface area (Å²) in [5.74, 6) is 0.965. The Kier molecular flexibility index (Phi) is 4.03. The second-order valence-corrected chi connectivity index (χ2v) is 5.38. The fraction of sp³-hybridized carbons (Fsp3) is 0.333. The highest BCUT2D eigenvalue weighted by Gasteiger charge is 2.19. The summed E-state index contributed by atoms with van der Waals surface area (Å²) in [6.45, 7) is 0.928. The average molecular weight is 267 g/mol. The Balaban J connectivity index is 1.73. The van der Waals surface area contributed by atoms with Gasteiger partial charge in [0.25, 0.3) is 0 Å². The molecule has 1 aliphatic rings. The molecule has 20 heavy (non-hydrogen) atoms. The SMILES string of the molecule is COc1ccc2c(c1)CCC[C@@H]2NCc1ccccc1. The fourth-order valence-corrected chi connectivity index (χ4v) is 2.97. The van der Waals surface area contributed by atoms with Gasteiger partial charge < -0.3 is 10.1 Å². The Hall–Kier alpha value is -1.80. The third-order valence-corrected chi connectivity index (χ3v) is 4.06. The predicted molar refractivity (Wildman–Crippen MR) is 82.0 cm³/mol. The average Bonchev–Trinajstić information content (AvgIpc) is 2.53. The molecule has 0 unspecified atom stereocenters. The number of rotatable bonds is 4. The third kappa shape index (κ3) is 2.86. The number of fused-ring (bicyclic) bond motifs is 1.